The zero-order valence-electron chi connectivity index (χ0n) is 17.4. The number of unbranched alkanes of at least 4 members (excludes halogenated alkanes) is 3. The van der Waals surface area contributed by atoms with Crippen LogP contribution in [0, 0.1) is 5.92 Å². The number of aliphatic hydroxyl groups is 1. The van der Waals surface area contributed by atoms with E-state index in [9.17, 15) is 9.90 Å². The molecule has 0 aliphatic rings. The molecule has 0 bridgehead atoms. The van der Waals surface area contributed by atoms with Gasteiger partial charge in [0.1, 0.15) is 0 Å². The van der Waals surface area contributed by atoms with Crippen molar-refractivity contribution in [2.45, 2.75) is 99.0 Å². The topological polar surface area (TPSA) is 37.3 Å². The first kappa shape index (κ1) is 24.9. The van der Waals surface area contributed by atoms with E-state index < -0.39 is 24.5 Å². The van der Waals surface area contributed by atoms with E-state index in [1.165, 1.54) is 51.8 Å². The fraction of sp³-hybridized carbons (Fsp3) is 0.773. The Kier molecular flexibility index (Phi) is 15.0. The quantitative estimate of drug-likeness (QED) is 0.174. The van der Waals surface area contributed by atoms with E-state index in [0.717, 1.165) is 11.9 Å². The van der Waals surface area contributed by atoms with Gasteiger partial charge in [-0.05, 0) is 0 Å². The molecule has 0 aromatic heterocycles. The van der Waals surface area contributed by atoms with Crippen LogP contribution >= 0.6 is 0 Å². The number of allylic oxidation sites excluding steroid dienone is 1. The molecule has 2 atom stereocenters. The van der Waals surface area contributed by atoms with Gasteiger partial charge in [-0.3, -0.25) is 0 Å². The summed E-state index contributed by atoms with van der Waals surface area (Å²) in [6, 6.07) is 0. The minimum absolute atomic E-state index is 0.129. The predicted octanol–water partition coefficient (Wildman–Crippen LogP) is 6.46. The second-order valence-corrected chi connectivity index (χ2v) is 20.7. The summed E-state index contributed by atoms with van der Waals surface area (Å²) in [7, 11) is 0. The van der Waals surface area contributed by atoms with Crippen molar-refractivity contribution in [1.29, 1.82) is 0 Å². The number of carbonyl (C=O) groups is 1. The van der Waals surface area contributed by atoms with Crippen molar-refractivity contribution in [2.24, 2.45) is 5.92 Å². The summed E-state index contributed by atoms with van der Waals surface area (Å²) in [5.41, 5.74) is 0.917. The van der Waals surface area contributed by atoms with Crippen molar-refractivity contribution >= 4 is 24.7 Å². The number of aldehydes is 1. The molecule has 0 unspecified atom stereocenters. The first-order valence-electron chi connectivity index (χ1n) is 10.4. The standard InChI is InChI=1S/C10H15O2.3C4H9.Sn/c1-4-8(2)10(12)9(3)6-5-7-11;3*1-3-4-2;/h1,4,6-8,10,12H,5H2,2-3H3;3*1,3-4H2,2H3;/b4-1?,9-6+;;;;/t8-,10-;;;;/m0..../s1. The van der Waals surface area contributed by atoms with Crippen molar-refractivity contribution in [1.82, 2.24) is 0 Å². The molecule has 3 heteroatoms. The van der Waals surface area contributed by atoms with Gasteiger partial charge in [0.2, 0.25) is 0 Å². The molecule has 1 N–H and O–H groups in total. The summed E-state index contributed by atoms with van der Waals surface area (Å²) in [5, 5.41) is 10.5. The molecule has 0 aliphatic heterocycles. The molecule has 25 heavy (non-hydrogen) atoms. The molecule has 0 rings (SSSR count). The molecule has 0 spiro atoms. The molecule has 146 valence electrons. The molecule has 0 aromatic carbocycles. The molecule has 0 saturated carbocycles. The van der Waals surface area contributed by atoms with Crippen LogP contribution in [-0.4, -0.2) is 35.9 Å². The first-order chi connectivity index (χ1) is 12.0. The Bertz CT molecular complexity index is 379. The number of hydrogen-bond acceptors (Lipinski definition) is 2. The third-order valence-corrected chi connectivity index (χ3v) is 19.5. The van der Waals surface area contributed by atoms with E-state index in [0.29, 0.717) is 6.42 Å². The molecule has 0 amide bonds. The van der Waals surface area contributed by atoms with E-state index in [-0.39, 0.29) is 5.92 Å². The van der Waals surface area contributed by atoms with Crippen molar-refractivity contribution < 1.29 is 9.90 Å². The van der Waals surface area contributed by atoms with Crippen molar-refractivity contribution in [3.8, 4) is 0 Å². The summed E-state index contributed by atoms with van der Waals surface area (Å²) in [6.07, 6.45) is 12.9. The molecule has 0 aromatic rings. The monoisotopic (exact) mass is 458 g/mol. The average Bonchev–Trinajstić information content (AvgIpc) is 2.63. The predicted molar refractivity (Wildman–Crippen MR) is 114 cm³/mol. The zero-order chi connectivity index (χ0) is 19.1. The van der Waals surface area contributed by atoms with Crippen LogP contribution in [0.5, 0.6) is 0 Å². The van der Waals surface area contributed by atoms with Gasteiger partial charge in [0, 0.05) is 0 Å². The van der Waals surface area contributed by atoms with Gasteiger partial charge in [-0.15, -0.1) is 0 Å². The minimum atomic E-state index is -2.26. The van der Waals surface area contributed by atoms with Crippen LogP contribution in [0.3, 0.4) is 0 Å². The second kappa shape index (κ2) is 15.0. The number of carbonyl (C=O) groups excluding carboxylic acids is 1. The molecule has 0 aliphatic carbocycles. The van der Waals surface area contributed by atoms with Crippen LogP contribution in [0.2, 0.25) is 13.3 Å². The number of rotatable bonds is 15. The molecule has 0 fully saturated rings. The van der Waals surface area contributed by atoms with Gasteiger partial charge >= 0.3 is 161 Å². The molecular weight excluding hydrogens is 415 g/mol. The van der Waals surface area contributed by atoms with E-state index in [2.05, 4.69) is 37.9 Å². The third-order valence-electron chi connectivity index (χ3n) is 5.34. The van der Waals surface area contributed by atoms with Crippen LogP contribution in [0.4, 0.5) is 0 Å². The fourth-order valence-corrected chi connectivity index (χ4v) is 18.1. The van der Waals surface area contributed by atoms with Gasteiger partial charge in [0.25, 0.3) is 0 Å². The molecule has 0 saturated heterocycles. The molecular formula is C22H42O2Sn. The summed E-state index contributed by atoms with van der Waals surface area (Å²) < 4.78 is 7.02. The maximum atomic E-state index is 10.5. The van der Waals surface area contributed by atoms with Crippen LogP contribution in [0.15, 0.2) is 21.8 Å². The van der Waals surface area contributed by atoms with Crippen LogP contribution < -0.4 is 0 Å². The van der Waals surface area contributed by atoms with Crippen molar-refractivity contribution in [3.63, 3.8) is 0 Å². The van der Waals surface area contributed by atoms with Crippen LogP contribution in [0.25, 0.3) is 0 Å². The number of aliphatic hydroxyl groups excluding tert-OH is 1. The molecule has 2 nitrogen and oxygen atoms in total. The maximum absolute atomic E-state index is 10.5. The number of hydrogen-bond donors (Lipinski definition) is 1. The van der Waals surface area contributed by atoms with Crippen LogP contribution in [-0.2, 0) is 4.79 Å². The average molecular weight is 457 g/mol. The SMILES string of the molecule is CCC[CH2][Sn](/[CH]=C/[C@H](C)[C@H](O)/C(C)=C/CC=O)([CH2]CCC)[CH2]CCC. The van der Waals surface area contributed by atoms with E-state index in [4.69, 9.17) is 0 Å². The van der Waals surface area contributed by atoms with Gasteiger partial charge in [-0.25, -0.2) is 0 Å². The van der Waals surface area contributed by atoms with E-state index >= 15 is 0 Å². The zero-order valence-corrected chi connectivity index (χ0v) is 20.2. The summed E-state index contributed by atoms with van der Waals surface area (Å²) in [5.74, 6) is 0.129. The summed E-state index contributed by atoms with van der Waals surface area (Å²) in [6.45, 7) is 10.9. The van der Waals surface area contributed by atoms with Crippen molar-refractivity contribution in [2.75, 3.05) is 0 Å². The summed E-state index contributed by atoms with van der Waals surface area (Å²) >= 11 is -2.26. The Morgan fingerprint density at radius 1 is 1.00 bits per heavy atom. The van der Waals surface area contributed by atoms with Crippen molar-refractivity contribution in [3.05, 3.63) is 21.8 Å². The second-order valence-electron chi connectivity index (χ2n) is 7.69. The Hall–Kier alpha value is -0.0913. The third kappa shape index (κ3) is 10.6. The Morgan fingerprint density at radius 2 is 1.48 bits per heavy atom. The first-order valence-corrected chi connectivity index (χ1v) is 18.1. The normalized spacial score (nSPS) is 15.5. The van der Waals surface area contributed by atoms with Gasteiger partial charge in [-0.2, -0.15) is 0 Å². The summed E-state index contributed by atoms with van der Waals surface area (Å²) in [4.78, 5) is 10.5. The van der Waals surface area contributed by atoms with Gasteiger partial charge < -0.3 is 0 Å². The molecule has 0 radical (unpaired) electrons. The van der Waals surface area contributed by atoms with E-state index in [1.54, 1.807) is 0 Å². The van der Waals surface area contributed by atoms with Gasteiger partial charge in [-0.1, -0.05) is 0 Å². The van der Waals surface area contributed by atoms with Crippen LogP contribution in [0.1, 0.15) is 79.6 Å². The Balaban J connectivity index is 5.20. The van der Waals surface area contributed by atoms with Gasteiger partial charge in [0.05, 0.1) is 0 Å². The molecule has 0 heterocycles. The van der Waals surface area contributed by atoms with E-state index in [1.807, 2.05) is 13.0 Å². The Labute approximate surface area is 161 Å². The van der Waals surface area contributed by atoms with Gasteiger partial charge in [0.15, 0.2) is 0 Å². The fourth-order valence-electron chi connectivity index (χ4n) is 3.44. The Morgan fingerprint density at radius 3 is 1.88 bits per heavy atom.